The van der Waals surface area contributed by atoms with Gasteiger partial charge in [0.15, 0.2) is 0 Å². The number of carbonyl (C=O) groups is 3. The lowest BCUT2D eigenvalue weighted by atomic mass is 9.74. The predicted molar refractivity (Wildman–Crippen MR) is 140 cm³/mol. The molecule has 6 atom stereocenters. The van der Waals surface area contributed by atoms with Crippen molar-refractivity contribution in [2.45, 2.75) is 55.2 Å². The maximum Gasteiger partial charge on any atom is 0.311 e. The smallest absolute Gasteiger partial charge is 0.311 e. The highest BCUT2D eigenvalue weighted by Crippen LogP contribution is 2.65. The number of aliphatic hydroxyl groups excluding tert-OH is 1. The Morgan fingerprint density at radius 2 is 1.97 bits per heavy atom. The topological polar surface area (TPSA) is 87.2 Å². The molecule has 2 saturated heterocycles. The van der Waals surface area contributed by atoms with E-state index < -0.39 is 39.4 Å². The molecule has 9 heteroatoms. The largest absolute Gasteiger partial charge is 0.465 e. The molecule has 0 aliphatic carbocycles. The first-order valence-corrected chi connectivity index (χ1v) is 13.6. The van der Waals surface area contributed by atoms with Gasteiger partial charge in [0.1, 0.15) is 6.04 Å². The number of allylic oxidation sites excluding steroid dienone is 1. The molecule has 5 rings (SSSR count). The molecule has 1 spiro atoms. The van der Waals surface area contributed by atoms with Crippen LogP contribution in [0.1, 0.15) is 32.3 Å². The van der Waals surface area contributed by atoms with Crippen molar-refractivity contribution < 1.29 is 24.2 Å². The molecule has 2 amide bonds. The van der Waals surface area contributed by atoms with Gasteiger partial charge in [0, 0.05) is 11.3 Å². The Kier molecular flexibility index (Phi) is 6.50. The number of aryl methyl sites for hydroxylation is 1. The summed E-state index contributed by atoms with van der Waals surface area (Å²) in [5.74, 6) is -2.54. The molecule has 0 aromatic heterocycles. The van der Waals surface area contributed by atoms with Crippen LogP contribution >= 0.6 is 23.4 Å². The summed E-state index contributed by atoms with van der Waals surface area (Å²) in [4.78, 5) is 45.1. The Morgan fingerprint density at radius 3 is 2.69 bits per heavy atom. The van der Waals surface area contributed by atoms with Crippen LogP contribution in [0.2, 0.25) is 5.02 Å². The lowest BCUT2D eigenvalue weighted by Crippen LogP contribution is -2.56. The standard InChI is InChI=1S/C27H31ClN2O5S/c1-16-9-7-10-18(28)21(16)29-13-8-12-27-19(23(32)30(17(2)15-31)22(27)24(29)33)20-25(34)35-14-6-4-5-11-26(20,3)36-27/h5,7-12,17,19-20,22,31H,4,6,13-15H2,1-3H3/b11-5-/t17-,19+,20+,22?,26-,27+/m1/s1. The van der Waals surface area contributed by atoms with Crippen molar-refractivity contribution >= 4 is 46.8 Å². The Labute approximate surface area is 220 Å². The van der Waals surface area contributed by atoms with Gasteiger partial charge in [-0.1, -0.05) is 48.0 Å². The number of hydrogen-bond acceptors (Lipinski definition) is 6. The Morgan fingerprint density at radius 1 is 1.19 bits per heavy atom. The molecular weight excluding hydrogens is 500 g/mol. The number of cyclic esters (lactones) is 1. The van der Waals surface area contributed by atoms with Crippen LogP contribution in [0.5, 0.6) is 0 Å². The van der Waals surface area contributed by atoms with E-state index in [0.29, 0.717) is 17.3 Å². The molecule has 4 heterocycles. The summed E-state index contributed by atoms with van der Waals surface area (Å²) in [6.07, 6.45) is 9.42. The van der Waals surface area contributed by atoms with E-state index in [1.54, 1.807) is 17.9 Å². The normalized spacial score (nSPS) is 35.7. The van der Waals surface area contributed by atoms with E-state index in [9.17, 15) is 19.5 Å². The van der Waals surface area contributed by atoms with E-state index in [2.05, 4.69) is 6.08 Å². The number of carbonyl (C=O) groups excluding carboxylic acids is 3. The number of esters is 1. The van der Waals surface area contributed by atoms with E-state index in [0.717, 1.165) is 18.4 Å². The molecular formula is C27H31ClN2O5S. The first-order chi connectivity index (χ1) is 17.2. The predicted octanol–water partition coefficient (Wildman–Crippen LogP) is 3.51. The molecule has 36 heavy (non-hydrogen) atoms. The zero-order valence-corrected chi connectivity index (χ0v) is 22.2. The SMILES string of the molecule is Cc1cccc(Cl)c1N1CC=C[C@]23S[C@]4(C)/C=C\CCCOC(=O)[C@@H]4[C@H]2C(=O)N([C@H](C)CO)C3C1=O. The molecule has 1 aromatic carbocycles. The van der Waals surface area contributed by atoms with Gasteiger partial charge in [-0.15, -0.1) is 11.8 Å². The molecule has 0 saturated carbocycles. The number of aliphatic hydroxyl groups is 1. The van der Waals surface area contributed by atoms with Crippen molar-refractivity contribution in [1.29, 1.82) is 0 Å². The van der Waals surface area contributed by atoms with Crippen LogP contribution in [0.3, 0.4) is 0 Å². The quantitative estimate of drug-likeness (QED) is 0.475. The van der Waals surface area contributed by atoms with Gasteiger partial charge in [0.05, 0.1) is 46.5 Å². The number of ether oxygens (including phenoxy) is 1. The number of anilines is 1. The van der Waals surface area contributed by atoms with Gasteiger partial charge in [0.25, 0.3) is 5.91 Å². The average Bonchev–Trinajstić information content (AvgIpc) is 3.19. The third kappa shape index (κ3) is 3.63. The van der Waals surface area contributed by atoms with Crippen LogP contribution in [0, 0.1) is 18.8 Å². The van der Waals surface area contributed by atoms with Gasteiger partial charge >= 0.3 is 5.97 Å². The molecule has 4 aliphatic rings. The molecule has 7 nitrogen and oxygen atoms in total. The fourth-order valence-electron chi connectivity index (χ4n) is 6.30. The number of benzene rings is 1. The fraction of sp³-hybridized carbons (Fsp3) is 0.519. The maximum absolute atomic E-state index is 14.4. The van der Waals surface area contributed by atoms with Gasteiger partial charge in [-0.05, 0) is 45.2 Å². The fourth-order valence-corrected chi connectivity index (χ4v) is 8.76. The number of rotatable bonds is 3. The molecule has 0 radical (unpaired) electrons. The monoisotopic (exact) mass is 530 g/mol. The van der Waals surface area contributed by atoms with Crippen LogP contribution in [0.25, 0.3) is 0 Å². The summed E-state index contributed by atoms with van der Waals surface area (Å²) in [5.41, 5.74) is 1.45. The zero-order chi connectivity index (χ0) is 25.8. The van der Waals surface area contributed by atoms with Gasteiger partial charge in [-0.3, -0.25) is 14.4 Å². The van der Waals surface area contributed by atoms with Crippen molar-refractivity contribution in [2.75, 3.05) is 24.7 Å². The Bertz CT molecular complexity index is 1150. The Hall–Kier alpha value is -2.29. The molecule has 1 unspecified atom stereocenters. The second-order valence-corrected chi connectivity index (χ2v) is 12.4. The third-order valence-electron chi connectivity index (χ3n) is 7.89. The minimum absolute atomic E-state index is 0.271. The van der Waals surface area contributed by atoms with E-state index in [-0.39, 0.29) is 25.0 Å². The van der Waals surface area contributed by atoms with E-state index in [4.69, 9.17) is 16.3 Å². The molecule has 2 fully saturated rings. The number of hydrogen-bond donors (Lipinski definition) is 1. The molecule has 1 N–H and O–H groups in total. The van der Waals surface area contributed by atoms with Crippen molar-refractivity contribution in [1.82, 2.24) is 4.90 Å². The lowest BCUT2D eigenvalue weighted by molar-refractivity contribution is -0.154. The molecule has 192 valence electrons. The number of halogens is 1. The summed E-state index contributed by atoms with van der Waals surface area (Å²) in [5, 5.41) is 10.5. The Balaban J connectivity index is 1.69. The van der Waals surface area contributed by atoms with Gasteiger partial charge in [-0.25, -0.2) is 0 Å². The number of thioether (sulfide) groups is 1. The van der Waals surface area contributed by atoms with Crippen LogP contribution < -0.4 is 4.90 Å². The van der Waals surface area contributed by atoms with Crippen LogP contribution in [-0.2, 0) is 19.1 Å². The summed E-state index contributed by atoms with van der Waals surface area (Å²) in [6.45, 7) is 5.86. The highest BCUT2D eigenvalue weighted by molar-refractivity contribution is 8.02. The second-order valence-electron chi connectivity index (χ2n) is 10.2. The van der Waals surface area contributed by atoms with Crippen LogP contribution in [0.4, 0.5) is 5.69 Å². The minimum atomic E-state index is -0.997. The number of para-hydroxylation sites is 1. The van der Waals surface area contributed by atoms with Gasteiger partial charge < -0.3 is 19.6 Å². The second kappa shape index (κ2) is 9.23. The summed E-state index contributed by atoms with van der Waals surface area (Å²) in [6, 6.07) is 3.96. The molecule has 1 aromatic rings. The lowest BCUT2D eigenvalue weighted by Gasteiger charge is -2.39. The van der Waals surface area contributed by atoms with Crippen molar-refractivity contribution in [2.24, 2.45) is 11.8 Å². The summed E-state index contributed by atoms with van der Waals surface area (Å²) < 4.78 is 3.90. The first kappa shape index (κ1) is 25.4. The third-order valence-corrected chi connectivity index (χ3v) is 9.99. The number of amides is 2. The van der Waals surface area contributed by atoms with Gasteiger partial charge in [-0.2, -0.15) is 0 Å². The van der Waals surface area contributed by atoms with Crippen molar-refractivity contribution in [3.8, 4) is 0 Å². The number of fused-ring (bicyclic) bond motifs is 2. The maximum atomic E-state index is 14.4. The van der Waals surface area contributed by atoms with Crippen LogP contribution in [-0.4, -0.2) is 69.1 Å². The number of nitrogens with zero attached hydrogens (tertiary/aromatic N) is 2. The van der Waals surface area contributed by atoms with E-state index in [1.165, 1.54) is 16.7 Å². The van der Waals surface area contributed by atoms with Crippen molar-refractivity contribution in [3.63, 3.8) is 0 Å². The summed E-state index contributed by atoms with van der Waals surface area (Å²) in [7, 11) is 0. The highest BCUT2D eigenvalue weighted by Gasteiger charge is 2.74. The van der Waals surface area contributed by atoms with E-state index in [1.807, 2.05) is 44.2 Å². The van der Waals surface area contributed by atoms with E-state index >= 15 is 0 Å². The molecule has 4 aliphatic heterocycles. The average molecular weight is 531 g/mol. The first-order valence-electron chi connectivity index (χ1n) is 12.4. The molecule has 0 bridgehead atoms. The zero-order valence-electron chi connectivity index (χ0n) is 20.6. The number of likely N-dealkylation sites (tertiary alicyclic amines) is 1. The van der Waals surface area contributed by atoms with Crippen molar-refractivity contribution in [3.05, 3.63) is 53.1 Å². The van der Waals surface area contributed by atoms with Crippen LogP contribution in [0.15, 0.2) is 42.5 Å². The van der Waals surface area contributed by atoms with Gasteiger partial charge in [0.2, 0.25) is 5.91 Å². The minimum Gasteiger partial charge on any atom is -0.465 e. The summed E-state index contributed by atoms with van der Waals surface area (Å²) >= 11 is 8.06. The highest BCUT2D eigenvalue weighted by atomic mass is 35.5.